The number of hydrogen-bond donors (Lipinski definition) is 1. The zero-order valence-electron chi connectivity index (χ0n) is 17.5. The van der Waals surface area contributed by atoms with Gasteiger partial charge in [0, 0.05) is 6.92 Å². The highest BCUT2D eigenvalue weighted by Crippen LogP contribution is 2.27. The number of imidazole rings is 1. The molecular weight excluding hydrogens is 410 g/mol. The molecular formula is C19H23N5O7. The van der Waals surface area contributed by atoms with Gasteiger partial charge in [-0.3, -0.25) is 4.79 Å². The van der Waals surface area contributed by atoms with Crippen LogP contribution in [0.5, 0.6) is 11.5 Å². The number of amides is 1. The molecule has 0 atom stereocenters. The summed E-state index contributed by atoms with van der Waals surface area (Å²) in [6, 6.07) is 4.83. The zero-order chi connectivity index (χ0) is 23.0. The first-order chi connectivity index (χ1) is 14.7. The second kappa shape index (κ2) is 10.7. The maximum absolute atomic E-state index is 12.0. The molecule has 1 aromatic carbocycles. The van der Waals surface area contributed by atoms with Gasteiger partial charge in [-0.15, -0.1) is 0 Å². The van der Waals surface area contributed by atoms with Crippen molar-refractivity contribution >= 4 is 23.9 Å². The number of rotatable bonds is 10. The van der Waals surface area contributed by atoms with Crippen molar-refractivity contribution in [2.75, 3.05) is 13.7 Å². The molecule has 1 N–H and O–H groups in total. The summed E-state index contributed by atoms with van der Waals surface area (Å²) < 4.78 is 16.8. The summed E-state index contributed by atoms with van der Waals surface area (Å²) in [6.07, 6.45) is 2.21. The summed E-state index contributed by atoms with van der Waals surface area (Å²) >= 11 is 0. The molecule has 0 saturated carbocycles. The van der Waals surface area contributed by atoms with E-state index in [9.17, 15) is 19.7 Å². The fraction of sp³-hybridized carbons (Fsp3) is 0.368. The number of hydrogen-bond acceptors (Lipinski definition) is 9. The Bertz CT molecular complexity index is 984. The fourth-order valence-corrected chi connectivity index (χ4v) is 2.47. The molecule has 0 aliphatic carbocycles. The first-order valence-electron chi connectivity index (χ1n) is 9.20. The molecule has 1 heterocycles. The second-order valence-corrected chi connectivity index (χ2v) is 6.54. The van der Waals surface area contributed by atoms with E-state index < -0.39 is 16.8 Å². The third-order valence-corrected chi connectivity index (χ3v) is 3.83. The van der Waals surface area contributed by atoms with E-state index in [4.69, 9.17) is 14.2 Å². The quantitative estimate of drug-likeness (QED) is 0.257. The van der Waals surface area contributed by atoms with Crippen molar-refractivity contribution < 1.29 is 28.7 Å². The number of carbonyl (C=O) groups excluding carboxylic acids is 2. The third-order valence-electron chi connectivity index (χ3n) is 3.83. The smallest absolute Gasteiger partial charge is 0.344 e. The maximum Gasteiger partial charge on any atom is 0.344 e. The molecule has 0 unspecified atom stereocenters. The number of nitrogens with one attached hydrogen (secondary N) is 1. The second-order valence-electron chi connectivity index (χ2n) is 6.54. The third kappa shape index (κ3) is 6.80. The summed E-state index contributed by atoms with van der Waals surface area (Å²) in [4.78, 5) is 37.8. The minimum absolute atomic E-state index is 0.240. The lowest BCUT2D eigenvalue weighted by Crippen LogP contribution is -2.24. The molecule has 12 heteroatoms. The molecule has 0 bridgehead atoms. The highest BCUT2D eigenvalue weighted by Gasteiger charge is 2.20. The van der Waals surface area contributed by atoms with Crippen LogP contribution >= 0.6 is 0 Å². The van der Waals surface area contributed by atoms with Gasteiger partial charge in [0.25, 0.3) is 5.91 Å². The minimum Gasteiger partial charge on any atom is -0.493 e. The summed E-state index contributed by atoms with van der Waals surface area (Å²) in [5.41, 5.74) is 2.88. The van der Waals surface area contributed by atoms with Gasteiger partial charge in [0.05, 0.1) is 19.4 Å². The first kappa shape index (κ1) is 23.3. The molecule has 0 fully saturated rings. The van der Waals surface area contributed by atoms with Crippen LogP contribution in [0.4, 0.5) is 5.82 Å². The molecule has 0 radical (unpaired) electrons. The maximum atomic E-state index is 12.0. The lowest BCUT2D eigenvalue weighted by atomic mass is 10.2. The number of aromatic nitrogens is 2. The summed E-state index contributed by atoms with van der Waals surface area (Å²) in [5.74, 6) is -0.308. The Morgan fingerprint density at radius 2 is 2.10 bits per heavy atom. The van der Waals surface area contributed by atoms with E-state index in [1.807, 2.05) is 0 Å². The predicted octanol–water partition coefficient (Wildman–Crippen LogP) is 1.59. The van der Waals surface area contributed by atoms with E-state index in [-0.39, 0.29) is 25.1 Å². The Morgan fingerprint density at radius 3 is 2.74 bits per heavy atom. The van der Waals surface area contributed by atoms with Crippen LogP contribution < -0.4 is 14.9 Å². The largest absolute Gasteiger partial charge is 0.493 e. The summed E-state index contributed by atoms with van der Waals surface area (Å²) in [6.45, 7) is 4.47. The predicted molar refractivity (Wildman–Crippen MR) is 109 cm³/mol. The monoisotopic (exact) mass is 433 g/mol. The van der Waals surface area contributed by atoms with Crippen molar-refractivity contribution in [3.8, 4) is 11.5 Å². The normalized spacial score (nSPS) is 10.9. The molecule has 1 amide bonds. The van der Waals surface area contributed by atoms with Crippen molar-refractivity contribution in [2.24, 2.45) is 5.10 Å². The average Bonchev–Trinajstić information content (AvgIpc) is 3.06. The first-order valence-corrected chi connectivity index (χ1v) is 9.20. The van der Waals surface area contributed by atoms with E-state index in [2.05, 4.69) is 15.5 Å². The number of nitrogens with zero attached hydrogens (tertiary/aromatic N) is 4. The summed E-state index contributed by atoms with van der Waals surface area (Å²) in [5, 5.41) is 14.8. The molecule has 31 heavy (non-hydrogen) atoms. The molecule has 2 aromatic rings. The van der Waals surface area contributed by atoms with Crippen LogP contribution in [0.25, 0.3) is 0 Å². The van der Waals surface area contributed by atoms with Crippen LogP contribution in [0, 0.1) is 17.0 Å². The highest BCUT2D eigenvalue weighted by atomic mass is 16.6. The van der Waals surface area contributed by atoms with Crippen molar-refractivity contribution in [1.82, 2.24) is 15.0 Å². The molecule has 0 saturated heterocycles. The topological polar surface area (TPSA) is 147 Å². The SMILES string of the molecule is COc1cc(/C=N/NC(=O)Cn2c([N+](=O)[O-])cnc2C)ccc1OCC(=O)OC(C)C. The molecule has 1 aromatic heterocycles. The average molecular weight is 433 g/mol. The number of ether oxygens (including phenoxy) is 3. The molecule has 166 valence electrons. The van der Waals surface area contributed by atoms with Gasteiger partial charge in [0.1, 0.15) is 6.20 Å². The number of hydrazone groups is 1. The van der Waals surface area contributed by atoms with Crippen LogP contribution in [0.15, 0.2) is 29.5 Å². The van der Waals surface area contributed by atoms with Crippen LogP contribution in [0.2, 0.25) is 0 Å². The molecule has 12 nitrogen and oxygen atoms in total. The van der Waals surface area contributed by atoms with Crippen molar-refractivity contribution in [3.05, 3.63) is 45.9 Å². The lowest BCUT2D eigenvalue weighted by molar-refractivity contribution is -0.392. The Kier molecular flexibility index (Phi) is 8.06. The Hall–Kier alpha value is -3.96. The van der Waals surface area contributed by atoms with Gasteiger partial charge in [-0.2, -0.15) is 5.10 Å². The van der Waals surface area contributed by atoms with Crippen LogP contribution in [-0.2, 0) is 20.9 Å². The van der Waals surface area contributed by atoms with E-state index in [0.717, 1.165) is 6.20 Å². The van der Waals surface area contributed by atoms with E-state index in [1.165, 1.54) is 17.9 Å². The van der Waals surface area contributed by atoms with Gasteiger partial charge in [-0.1, -0.05) is 0 Å². The van der Waals surface area contributed by atoms with Gasteiger partial charge in [0.2, 0.25) is 0 Å². The molecule has 0 spiro atoms. The van der Waals surface area contributed by atoms with Crippen LogP contribution in [0.3, 0.4) is 0 Å². The lowest BCUT2D eigenvalue weighted by Gasteiger charge is -2.12. The summed E-state index contributed by atoms with van der Waals surface area (Å²) in [7, 11) is 1.44. The van der Waals surface area contributed by atoms with E-state index >= 15 is 0 Å². The number of aryl methyl sites for hydroxylation is 1. The number of esters is 1. The van der Waals surface area contributed by atoms with Gasteiger partial charge in [-0.05, 0) is 42.5 Å². The van der Waals surface area contributed by atoms with Crippen molar-refractivity contribution in [1.29, 1.82) is 0 Å². The number of nitro groups is 1. The Labute approximate surface area is 178 Å². The minimum atomic E-state index is -0.616. The fourth-order valence-electron chi connectivity index (χ4n) is 2.47. The van der Waals surface area contributed by atoms with Crippen LogP contribution in [-0.4, -0.2) is 52.4 Å². The van der Waals surface area contributed by atoms with E-state index in [0.29, 0.717) is 22.9 Å². The van der Waals surface area contributed by atoms with E-state index in [1.54, 1.807) is 39.0 Å². The number of benzene rings is 1. The molecule has 2 rings (SSSR count). The molecule has 0 aliphatic heterocycles. The zero-order valence-corrected chi connectivity index (χ0v) is 17.5. The number of carbonyl (C=O) groups is 2. The van der Waals surface area contributed by atoms with Gasteiger partial charge in [-0.25, -0.2) is 19.8 Å². The Morgan fingerprint density at radius 1 is 1.35 bits per heavy atom. The van der Waals surface area contributed by atoms with Crippen molar-refractivity contribution in [3.63, 3.8) is 0 Å². The van der Waals surface area contributed by atoms with Gasteiger partial charge in [0.15, 0.2) is 30.5 Å². The highest BCUT2D eigenvalue weighted by molar-refractivity contribution is 5.83. The number of methoxy groups -OCH3 is 1. The van der Waals surface area contributed by atoms with Crippen LogP contribution in [0.1, 0.15) is 25.2 Å². The Balaban J connectivity index is 1.96. The van der Waals surface area contributed by atoms with Crippen molar-refractivity contribution in [2.45, 2.75) is 33.4 Å². The molecule has 0 aliphatic rings. The standard InChI is InChI=1S/C19H23N5O7/c1-12(2)31-19(26)11-30-15-6-5-14(7-16(15)29-4)8-21-22-17(25)10-23-13(3)20-9-18(23)24(27)28/h5-9,12H,10-11H2,1-4H3,(H,22,25)/b21-8+. The van der Waals surface area contributed by atoms with Gasteiger partial charge < -0.3 is 24.3 Å². The van der Waals surface area contributed by atoms with Gasteiger partial charge >= 0.3 is 11.8 Å².